The summed E-state index contributed by atoms with van der Waals surface area (Å²) in [5.41, 5.74) is 10.3. The molecule has 0 saturated heterocycles. The third-order valence-corrected chi connectivity index (χ3v) is 9.57. The topological polar surface area (TPSA) is 37.3 Å². The molecule has 0 bridgehead atoms. The lowest BCUT2D eigenvalue weighted by atomic mass is 9.72. The number of aryl methyl sites for hydroxylation is 2. The third-order valence-electron chi connectivity index (χ3n) is 9.57. The van der Waals surface area contributed by atoms with Gasteiger partial charge in [-0.2, -0.15) is 0 Å². The summed E-state index contributed by atoms with van der Waals surface area (Å²) in [6.07, 6.45) is 5.88. The highest BCUT2D eigenvalue weighted by molar-refractivity contribution is 6.40. The predicted molar refractivity (Wildman–Crippen MR) is 150 cm³/mol. The van der Waals surface area contributed by atoms with E-state index in [1.807, 2.05) is 0 Å². The summed E-state index contributed by atoms with van der Waals surface area (Å²) >= 11 is 0. The standard InChI is InChI=1S/C34H42O2/c1-17(2)23-11-9-19(5)29-25(15-23)21(7)13-27(29)31-33(35)32(34(31)36)28-14-22(8)26-16-24(18(3)4)12-10-20(6)30(26)28/h9,11,13-15,17-18,20,24,26,30,35H,10,12,16H2,1-8H3/b32-28+. The monoisotopic (exact) mass is 482 g/mol. The van der Waals surface area contributed by atoms with E-state index in [4.69, 9.17) is 0 Å². The lowest BCUT2D eigenvalue weighted by Gasteiger charge is -2.31. The number of Topliss-reactive ketones (excluding diaryl/α,β-unsaturated/α-hetero) is 1. The Hall–Kier alpha value is -2.61. The van der Waals surface area contributed by atoms with Gasteiger partial charge < -0.3 is 5.11 Å². The Bertz CT molecular complexity index is 1300. The van der Waals surface area contributed by atoms with Gasteiger partial charge in [0.1, 0.15) is 5.76 Å². The molecule has 4 unspecified atom stereocenters. The van der Waals surface area contributed by atoms with Crippen LogP contribution in [0.1, 0.15) is 89.0 Å². The number of aliphatic hydroxyl groups excluding tert-OH is 1. The van der Waals surface area contributed by atoms with Crippen molar-refractivity contribution in [3.05, 3.63) is 75.1 Å². The first-order chi connectivity index (χ1) is 17.0. The quantitative estimate of drug-likeness (QED) is 0.443. The van der Waals surface area contributed by atoms with E-state index in [1.165, 1.54) is 36.0 Å². The van der Waals surface area contributed by atoms with Crippen molar-refractivity contribution >= 4 is 11.4 Å². The lowest BCUT2D eigenvalue weighted by Crippen LogP contribution is -2.27. The van der Waals surface area contributed by atoms with E-state index in [2.05, 4.69) is 85.7 Å². The molecule has 0 aliphatic heterocycles. The Labute approximate surface area is 217 Å². The number of rotatable bonds is 3. The van der Waals surface area contributed by atoms with E-state index in [1.54, 1.807) is 0 Å². The summed E-state index contributed by atoms with van der Waals surface area (Å²) < 4.78 is 0. The minimum absolute atomic E-state index is 0.0194. The zero-order chi connectivity index (χ0) is 26.0. The lowest BCUT2D eigenvalue weighted by molar-refractivity contribution is -0.111. The van der Waals surface area contributed by atoms with Gasteiger partial charge in [-0.1, -0.05) is 64.5 Å². The number of allylic oxidation sites excluding steroid dienone is 5. The fourth-order valence-electron chi connectivity index (χ4n) is 7.24. The van der Waals surface area contributed by atoms with E-state index in [-0.39, 0.29) is 11.5 Å². The second-order valence-corrected chi connectivity index (χ2v) is 12.5. The van der Waals surface area contributed by atoms with Crippen LogP contribution in [0.3, 0.4) is 0 Å². The summed E-state index contributed by atoms with van der Waals surface area (Å²) in [7, 11) is 0. The van der Waals surface area contributed by atoms with Gasteiger partial charge in [0.15, 0.2) is 0 Å². The van der Waals surface area contributed by atoms with Gasteiger partial charge in [-0.15, -0.1) is 0 Å². The molecule has 1 N–H and O–H groups in total. The van der Waals surface area contributed by atoms with E-state index in [0.717, 1.165) is 33.7 Å². The summed E-state index contributed by atoms with van der Waals surface area (Å²) in [5.74, 6) is 3.39. The van der Waals surface area contributed by atoms with E-state index in [0.29, 0.717) is 40.7 Å². The second kappa shape index (κ2) is 9.05. The minimum atomic E-state index is 0.0194. The Morgan fingerprint density at radius 3 is 2.28 bits per heavy atom. The first-order valence-corrected chi connectivity index (χ1v) is 14.0. The number of carbonyl (C=O) groups excluding carboxylic acids is 1. The van der Waals surface area contributed by atoms with Crippen molar-refractivity contribution in [1.29, 1.82) is 0 Å². The van der Waals surface area contributed by atoms with Crippen LogP contribution in [0.25, 0.3) is 16.7 Å². The van der Waals surface area contributed by atoms with Crippen molar-refractivity contribution in [3.63, 3.8) is 0 Å². The van der Waals surface area contributed by atoms with E-state index in [9.17, 15) is 9.90 Å². The summed E-state index contributed by atoms with van der Waals surface area (Å²) in [4.78, 5) is 13.8. The summed E-state index contributed by atoms with van der Waals surface area (Å²) in [6.45, 7) is 17.9. The Morgan fingerprint density at radius 2 is 1.64 bits per heavy atom. The first kappa shape index (κ1) is 25.1. The number of fused-ring (bicyclic) bond motifs is 2. The van der Waals surface area contributed by atoms with Crippen LogP contribution in [0.2, 0.25) is 0 Å². The van der Waals surface area contributed by atoms with E-state index < -0.39 is 0 Å². The maximum Gasteiger partial charge on any atom is 0.201 e. The fraction of sp³-hybridized carbons (Fsp3) is 0.500. The van der Waals surface area contributed by atoms with Gasteiger partial charge in [0.05, 0.1) is 11.1 Å². The van der Waals surface area contributed by atoms with Crippen LogP contribution in [-0.4, -0.2) is 10.9 Å². The molecule has 0 aromatic carbocycles. The molecule has 2 nitrogen and oxygen atoms in total. The highest BCUT2D eigenvalue weighted by Crippen LogP contribution is 2.54. The maximum atomic E-state index is 13.8. The molecular weight excluding hydrogens is 440 g/mol. The molecule has 5 aliphatic rings. The number of aliphatic hydroxyl groups is 1. The minimum Gasteiger partial charge on any atom is -0.506 e. The van der Waals surface area contributed by atoms with Crippen molar-refractivity contribution in [2.24, 2.45) is 29.6 Å². The average molecular weight is 483 g/mol. The zero-order valence-corrected chi connectivity index (χ0v) is 23.3. The van der Waals surface area contributed by atoms with Crippen molar-refractivity contribution in [1.82, 2.24) is 0 Å². The molecule has 0 aromatic rings. The van der Waals surface area contributed by atoms with Crippen LogP contribution < -0.4 is 0 Å². The van der Waals surface area contributed by atoms with Crippen LogP contribution in [-0.2, 0) is 4.79 Å². The number of hydrogen-bond acceptors (Lipinski definition) is 2. The highest BCUT2D eigenvalue weighted by atomic mass is 16.3. The molecule has 5 rings (SSSR count). The Balaban J connectivity index is 1.61. The molecule has 0 spiro atoms. The van der Waals surface area contributed by atoms with E-state index >= 15 is 0 Å². The molecular formula is C34H42O2. The van der Waals surface area contributed by atoms with Crippen LogP contribution in [0.4, 0.5) is 0 Å². The molecule has 0 aromatic heterocycles. The van der Waals surface area contributed by atoms with Gasteiger partial charge in [0.25, 0.3) is 0 Å². The first-order valence-electron chi connectivity index (χ1n) is 14.0. The van der Waals surface area contributed by atoms with Crippen molar-refractivity contribution in [2.45, 2.75) is 80.6 Å². The molecule has 0 amide bonds. The highest BCUT2D eigenvalue weighted by Gasteiger charge is 2.46. The maximum absolute atomic E-state index is 13.8. The van der Waals surface area contributed by atoms with Crippen LogP contribution >= 0.6 is 0 Å². The molecule has 2 heteroatoms. The van der Waals surface area contributed by atoms with Gasteiger partial charge in [-0.05, 0) is 121 Å². The van der Waals surface area contributed by atoms with Crippen molar-refractivity contribution < 1.29 is 9.90 Å². The van der Waals surface area contributed by atoms with Gasteiger partial charge in [0, 0.05) is 0 Å². The number of ketones is 1. The van der Waals surface area contributed by atoms with Gasteiger partial charge in [-0.25, -0.2) is 0 Å². The molecule has 1 saturated carbocycles. The Morgan fingerprint density at radius 1 is 0.917 bits per heavy atom. The summed E-state index contributed by atoms with van der Waals surface area (Å²) in [5, 5.41) is 11.5. The van der Waals surface area contributed by atoms with Crippen LogP contribution in [0.5, 0.6) is 0 Å². The number of hydrogen-bond donors (Lipinski definition) is 1. The molecule has 5 aliphatic carbocycles. The smallest absolute Gasteiger partial charge is 0.201 e. The predicted octanol–water partition coefficient (Wildman–Crippen LogP) is 8.96. The summed E-state index contributed by atoms with van der Waals surface area (Å²) in [6, 6.07) is 8.72. The molecule has 190 valence electrons. The van der Waals surface area contributed by atoms with Gasteiger partial charge in [0.2, 0.25) is 5.78 Å². The molecule has 0 heterocycles. The molecule has 4 atom stereocenters. The SMILES string of the molecule is CC1=C/C(=C2\C(=O)C(c3cc(C)c4cc(C(C)C)ccc(C)c3-4)=C2O)C2C(C)CCC(C(C)C)CC12. The normalized spacial score (nSPS) is 28.6. The fourth-order valence-corrected chi connectivity index (χ4v) is 7.24. The average Bonchev–Trinajstić information content (AvgIpc) is 3.11. The van der Waals surface area contributed by atoms with Crippen LogP contribution in [0, 0.1) is 43.4 Å². The zero-order valence-electron chi connectivity index (χ0n) is 23.3. The van der Waals surface area contributed by atoms with Gasteiger partial charge >= 0.3 is 0 Å². The van der Waals surface area contributed by atoms with Crippen LogP contribution in [0.15, 0.2) is 52.8 Å². The molecule has 1 fully saturated rings. The number of carbonyl (C=O) groups is 1. The van der Waals surface area contributed by atoms with Crippen molar-refractivity contribution in [2.75, 3.05) is 0 Å². The largest absolute Gasteiger partial charge is 0.506 e. The molecule has 0 radical (unpaired) electrons. The Kier molecular flexibility index (Phi) is 6.30. The van der Waals surface area contributed by atoms with Gasteiger partial charge in [-0.3, -0.25) is 4.79 Å². The van der Waals surface area contributed by atoms with Crippen molar-refractivity contribution in [3.8, 4) is 11.1 Å². The third kappa shape index (κ3) is 3.80. The second-order valence-electron chi connectivity index (χ2n) is 12.5. The molecule has 36 heavy (non-hydrogen) atoms.